The number of phenols is 1. The third-order valence-corrected chi connectivity index (χ3v) is 2.93. The van der Waals surface area contributed by atoms with Crippen molar-refractivity contribution in [1.29, 1.82) is 0 Å². The Morgan fingerprint density at radius 3 is 2.54 bits per heavy atom. The minimum Gasteiger partial charge on any atom is -0.507 e. The lowest BCUT2D eigenvalue weighted by Crippen LogP contribution is -2.00. The van der Waals surface area contributed by atoms with Gasteiger partial charge in [-0.25, -0.2) is 8.42 Å². The fraction of sp³-hybridized carbons (Fsp3) is 0.250. The maximum absolute atomic E-state index is 10.9. The lowest BCUT2D eigenvalue weighted by Gasteiger charge is -2.01. The molecule has 0 atom stereocenters. The summed E-state index contributed by atoms with van der Waals surface area (Å²) in [6.07, 6.45) is 1.17. The molecule has 0 fully saturated rings. The molecule has 0 spiro atoms. The van der Waals surface area contributed by atoms with Gasteiger partial charge in [0.05, 0.1) is 10.2 Å². The lowest BCUT2D eigenvalue weighted by atomic mass is 10.2. The van der Waals surface area contributed by atoms with E-state index in [2.05, 4.69) is 15.9 Å². The van der Waals surface area contributed by atoms with Gasteiger partial charge < -0.3 is 5.11 Å². The first kappa shape index (κ1) is 10.5. The van der Waals surface area contributed by atoms with Gasteiger partial charge >= 0.3 is 0 Å². The summed E-state index contributed by atoms with van der Waals surface area (Å²) >= 11 is 3.11. The highest BCUT2D eigenvalue weighted by atomic mass is 79.9. The number of aromatic hydroxyl groups is 1. The minimum atomic E-state index is -3.01. The van der Waals surface area contributed by atoms with Gasteiger partial charge in [0.15, 0.2) is 9.84 Å². The van der Waals surface area contributed by atoms with Crippen LogP contribution in [0.1, 0.15) is 5.56 Å². The predicted octanol–water partition coefficient (Wildman–Crippen LogP) is 1.70. The second-order valence-electron chi connectivity index (χ2n) is 2.86. The van der Waals surface area contributed by atoms with Crippen LogP contribution in [-0.4, -0.2) is 19.8 Å². The molecule has 0 bridgehead atoms. The molecule has 72 valence electrons. The maximum atomic E-state index is 10.9. The molecule has 1 aromatic carbocycles. The molecule has 13 heavy (non-hydrogen) atoms. The van der Waals surface area contributed by atoms with Crippen LogP contribution in [0.4, 0.5) is 0 Å². The van der Waals surface area contributed by atoms with Crippen LogP contribution in [0, 0.1) is 0 Å². The molecule has 0 aromatic heterocycles. The zero-order valence-corrected chi connectivity index (χ0v) is 9.39. The van der Waals surface area contributed by atoms with Crippen molar-refractivity contribution in [2.75, 3.05) is 6.26 Å². The van der Waals surface area contributed by atoms with Gasteiger partial charge in [0.2, 0.25) is 0 Å². The third-order valence-electron chi connectivity index (χ3n) is 1.44. The quantitative estimate of drug-likeness (QED) is 0.885. The zero-order chi connectivity index (χ0) is 10.1. The molecule has 0 amide bonds. The van der Waals surface area contributed by atoms with E-state index in [0.717, 1.165) is 0 Å². The summed E-state index contributed by atoms with van der Waals surface area (Å²) in [4.78, 5) is 0. The van der Waals surface area contributed by atoms with Crippen molar-refractivity contribution in [3.63, 3.8) is 0 Å². The Morgan fingerprint density at radius 2 is 2.08 bits per heavy atom. The summed E-state index contributed by atoms with van der Waals surface area (Å²) in [6, 6.07) is 4.64. The Balaban J connectivity index is 2.99. The van der Waals surface area contributed by atoms with Crippen LogP contribution >= 0.6 is 15.9 Å². The molecule has 1 rings (SSSR count). The van der Waals surface area contributed by atoms with E-state index < -0.39 is 9.84 Å². The van der Waals surface area contributed by atoms with Gasteiger partial charge in [-0.3, -0.25) is 0 Å². The van der Waals surface area contributed by atoms with E-state index in [1.54, 1.807) is 12.1 Å². The molecular weight excluding hydrogens is 256 g/mol. The van der Waals surface area contributed by atoms with Crippen LogP contribution in [0.3, 0.4) is 0 Å². The topological polar surface area (TPSA) is 54.4 Å². The van der Waals surface area contributed by atoms with Crippen molar-refractivity contribution < 1.29 is 13.5 Å². The smallest absolute Gasteiger partial charge is 0.151 e. The van der Waals surface area contributed by atoms with E-state index in [9.17, 15) is 8.42 Å². The lowest BCUT2D eigenvalue weighted by molar-refractivity contribution is 0.471. The number of phenolic OH excluding ortho intramolecular Hbond substituents is 1. The SMILES string of the molecule is CS(=O)(=O)Cc1ccc(O)c(Br)c1. The Bertz CT molecular complexity index is 411. The molecule has 0 unspecified atom stereocenters. The Hall–Kier alpha value is -0.550. The van der Waals surface area contributed by atoms with Crippen molar-refractivity contribution in [3.8, 4) is 5.75 Å². The Labute approximate surface area is 85.4 Å². The zero-order valence-electron chi connectivity index (χ0n) is 6.99. The van der Waals surface area contributed by atoms with Gasteiger partial charge in [-0.2, -0.15) is 0 Å². The normalized spacial score (nSPS) is 11.5. The van der Waals surface area contributed by atoms with Gasteiger partial charge in [-0.05, 0) is 33.6 Å². The maximum Gasteiger partial charge on any atom is 0.151 e. The van der Waals surface area contributed by atoms with Gasteiger partial charge in [0, 0.05) is 6.26 Å². The van der Waals surface area contributed by atoms with Crippen molar-refractivity contribution in [2.24, 2.45) is 0 Å². The van der Waals surface area contributed by atoms with Crippen molar-refractivity contribution in [1.82, 2.24) is 0 Å². The van der Waals surface area contributed by atoms with Crippen molar-refractivity contribution in [3.05, 3.63) is 28.2 Å². The van der Waals surface area contributed by atoms with Crippen LogP contribution in [0.25, 0.3) is 0 Å². The number of sulfone groups is 1. The highest BCUT2D eigenvalue weighted by Crippen LogP contribution is 2.24. The molecule has 0 radical (unpaired) electrons. The molecule has 0 aliphatic carbocycles. The highest BCUT2D eigenvalue weighted by molar-refractivity contribution is 9.10. The summed E-state index contributed by atoms with van der Waals surface area (Å²) in [5.41, 5.74) is 0.659. The molecular formula is C8H9BrO3S. The summed E-state index contributed by atoms with van der Waals surface area (Å²) in [6.45, 7) is 0. The summed E-state index contributed by atoms with van der Waals surface area (Å²) < 4.78 is 22.3. The van der Waals surface area contributed by atoms with Crippen LogP contribution in [0.15, 0.2) is 22.7 Å². The Kier molecular flexibility index (Phi) is 2.98. The van der Waals surface area contributed by atoms with Gasteiger partial charge in [0.1, 0.15) is 5.75 Å². The molecule has 5 heteroatoms. The van der Waals surface area contributed by atoms with Gasteiger partial charge in [-0.1, -0.05) is 6.07 Å². The molecule has 3 nitrogen and oxygen atoms in total. The first-order chi connectivity index (χ1) is 5.88. The van der Waals surface area contributed by atoms with Crippen LogP contribution in [0.2, 0.25) is 0 Å². The third kappa shape index (κ3) is 3.36. The fourth-order valence-electron chi connectivity index (χ4n) is 0.943. The van der Waals surface area contributed by atoms with Crippen molar-refractivity contribution >= 4 is 25.8 Å². The molecule has 0 aliphatic heterocycles. The van der Waals surface area contributed by atoms with E-state index in [1.165, 1.54) is 12.3 Å². The van der Waals surface area contributed by atoms with E-state index in [-0.39, 0.29) is 11.5 Å². The van der Waals surface area contributed by atoms with E-state index >= 15 is 0 Å². The molecule has 1 aromatic rings. The standard InChI is InChI=1S/C8H9BrO3S/c1-13(11,12)5-6-2-3-8(10)7(9)4-6/h2-4,10H,5H2,1H3. The number of rotatable bonds is 2. The number of benzene rings is 1. The molecule has 0 heterocycles. The summed E-state index contributed by atoms with van der Waals surface area (Å²) in [5, 5.41) is 9.15. The summed E-state index contributed by atoms with van der Waals surface area (Å²) in [5.74, 6) is 0.101. The number of hydrogen-bond acceptors (Lipinski definition) is 3. The second-order valence-corrected chi connectivity index (χ2v) is 5.85. The molecule has 1 N–H and O–H groups in total. The molecule has 0 aliphatic rings. The number of halogens is 1. The average molecular weight is 265 g/mol. The van der Waals surface area contributed by atoms with Gasteiger partial charge in [-0.15, -0.1) is 0 Å². The van der Waals surface area contributed by atoms with E-state index in [1.807, 2.05) is 0 Å². The molecule has 0 saturated heterocycles. The van der Waals surface area contributed by atoms with Crippen LogP contribution < -0.4 is 0 Å². The average Bonchev–Trinajstić information content (AvgIpc) is 1.94. The van der Waals surface area contributed by atoms with Crippen LogP contribution in [0.5, 0.6) is 5.75 Å². The monoisotopic (exact) mass is 264 g/mol. The van der Waals surface area contributed by atoms with Gasteiger partial charge in [0.25, 0.3) is 0 Å². The minimum absolute atomic E-state index is 0.00806. The largest absolute Gasteiger partial charge is 0.507 e. The first-order valence-electron chi connectivity index (χ1n) is 3.53. The highest BCUT2D eigenvalue weighted by Gasteiger charge is 2.06. The first-order valence-corrected chi connectivity index (χ1v) is 6.39. The van der Waals surface area contributed by atoms with Crippen molar-refractivity contribution in [2.45, 2.75) is 5.75 Å². The summed E-state index contributed by atoms with van der Waals surface area (Å²) in [7, 11) is -3.01. The number of hydrogen-bond donors (Lipinski definition) is 1. The van der Waals surface area contributed by atoms with E-state index in [4.69, 9.17) is 5.11 Å². The second kappa shape index (κ2) is 3.67. The van der Waals surface area contributed by atoms with Crippen LogP contribution in [-0.2, 0) is 15.6 Å². The Morgan fingerprint density at radius 1 is 1.46 bits per heavy atom. The fourth-order valence-corrected chi connectivity index (χ4v) is 2.15. The van der Waals surface area contributed by atoms with E-state index in [0.29, 0.717) is 10.0 Å². The predicted molar refractivity (Wildman–Crippen MR) is 54.4 cm³/mol. The molecule has 0 saturated carbocycles.